The third-order valence-electron chi connectivity index (χ3n) is 5.59. The molecule has 0 bridgehead atoms. The molecule has 1 aliphatic heterocycles. The first-order valence-corrected chi connectivity index (χ1v) is 10.4. The first kappa shape index (κ1) is 20.9. The predicted molar refractivity (Wildman–Crippen MR) is 120 cm³/mol. The average Bonchev–Trinajstić information content (AvgIpc) is 2.71. The van der Waals surface area contributed by atoms with Gasteiger partial charge in [-0.25, -0.2) is 0 Å². The van der Waals surface area contributed by atoms with Gasteiger partial charge in [0.25, 0.3) is 0 Å². The number of benzene rings is 2. The van der Waals surface area contributed by atoms with Crippen molar-refractivity contribution in [1.82, 2.24) is 0 Å². The standard InChI is InChI=1S/C24H31N3O2/c1-18-4-6-21(7-5-18)25-24(29)14-17-27(20(3)28)23-10-8-22(9-11-23)26-15-12-19(2)13-16-26/h4-11,19H,12-17H2,1-3H3,(H,25,29). The van der Waals surface area contributed by atoms with E-state index in [0.29, 0.717) is 6.54 Å². The number of nitrogens with one attached hydrogen (secondary N) is 1. The molecule has 0 unspecified atom stereocenters. The van der Waals surface area contributed by atoms with E-state index in [0.717, 1.165) is 35.9 Å². The lowest BCUT2D eigenvalue weighted by molar-refractivity contribution is -0.117. The summed E-state index contributed by atoms with van der Waals surface area (Å²) in [5.74, 6) is 0.636. The summed E-state index contributed by atoms with van der Waals surface area (Å²) < 4.78 is 0. The van der Waals surface area contributed by atoms with E-state index in [1.807, 2.05) is 43.3 Å². The molecule has 1 fully saturated rings. The molecule has 154 valence electrons. The fourth-order valence-corrected chi connectivity index (χ4v) is 3.65. The maximum atomic E-state index is 12.3. The van der Waals surface area contributed by atoms with Crippen LogP contribution in [0.3, 0.4) is 0 Å². The van der Waals surface area contributed by atoms with Crippen LogP contribution in [0, 0.1) is 12.8 Å². The Kier molecular flexibility index (Phi) is 6.91. The molecule has 0 aromatic heterocycles. The van der Waals surface area contributed by atoms with E-state index in [9.17, 15) is 9.59 Å². The van der Waals surface area contributed by atoms with Gasteiger partial charge in [-0.05, 0) is 62.1 Å². The van der Waals surface area contributed by atoms with Crippen LogP contribution in [0.1, 0.15) is 38.7 Å². The van der Waals surface area contributed by atoms with Crippen molar-refractivity contribution in [3.8, 4) is 0 Å². The molecule has 5 heteroatoms. The third-order valence-corrected chi connectivity index (χ3v) is 5.59. The molecule has 5 nitrogen and oxygen atoms in total. The highest BCUT2D eigenvalue weighted by Gasteiger charge is 2.17. The van der Waals surface area contributed by atoms with Crippen LogP contribution in [0.5, 0.6) is 0 Å². The van der Waals surface area contributed by atoms with Gasteiger partial charge >= 0.3 is 0 Å². The molecule has 29 heavy (non-hydrogen) atoms. The third kappa shape index (κ3) is 5.83. The van der Waals surface area contributed by atoms with Crippen molar-refractivity contribution in [2.24, 2.45) is 5.92 Å². The van der Waals surface area contributed by atoms with Gasteiger partial charge in [0.05, 0.1) is 0 Å². The van der Waals surface area contributed by atoms with Crippen LogP contribution in [0.4, 0.5) is 17.1 Å². The molecule has 0 aliphatic carbocycles. The highest BCUT2D eigenvalue weighted by atomic mass is 16.2. The van der Waals surface area contributed by atoms with Crippen molar-refractivity contribution in [2.75, 3.05) is 34.8 Å². The normalized spacial score (nSPS) is 14.5. The quantitative estimate of drug-likeness (QED) is 0.779. The number of anilines is 3. The van der Waals surface area contributed by atoms with Gasteiger partial charge in [-0.3, -0.25) is 9.59 Å². The van der Waals surface area contributed by atoms with Gasteiger partial charge in [-0.2, -0.15) is 0 Å². The molecule has 0 spiro atoms. The van der Waals surface area contributed by atoms with Gasteiger partial charge in [0.15, 0.2) is 0 Å². The number of rotatable bonds is 6. The maximum absolute atomic E-state index is 12.3. The topological polar surface area (TPSA) is 52.7 Å². The summed E-state index contributed by atoms with van der Waals surface area (Å²) in [5, 5.41) is 2.89. The summed E-state index contributed by atoms with van der Waals surface area (Å²) in [6.45, 7) is 8.37. The Balaban J connectivity index is 1.58. The zero-order valence-corrected chi connectivity index (χ0v) is 17.6. The first-order valence-electron chi connectivity index (χ1n) is 10.4. The fourth-order valence-electron chi connectivity index (χ4n) is 3.65. The number of nitrogens with zero attached hydrogens (tertiary/aromatic N) is 2. The van der Waals surface area contributed by atoms with E-state index in [1.165, 1.54) is 25.5 Å². The smallest absolute Gasteiger partial charge is 0.226 e. The van der Waals surface area contributed by atoms with Gasteiger partial charge in [0, 0.05) is 50.0 Å². The minimum Gasteiger partial charge on any atom is -0.372 e. The van der Waals surface area contributed by atoms with E-state index in [4.69, 9.17) is 0 Å². The summed E-state index contributed by atoms with van der Waals surface area (Å²) >= 11 is 0. The van der Waals surface area contributed by atoms with Crippen molar-refractivity contribution in [3.63, 3.8) is 0 Å². The predicted octanol–water partition coefficient (Wildman–Crippen LogP) is 4.61. The van der Waals surface area contributed by atoms with Gasteiger partial charge in [-0.1, -0.05) is 24.6 Å². The number of piperidine rings is 1. The molecular weight excluding hydrogens is 362 g/mol. The molecule has 0 atom stereocenters. The van der Waals surface area contributed by atoms with Crippen molar-refractivity contribution >= 4 is 28.9 Å². The number of carbonyl (C=O) groups excluding carboxylic acids is 2. The molecule has 0 saturated carbocycles. The first-order chi connectivity index (χ1) is 13.9. The van der Waals surface area contributed by atoms with E-state index >= 15 is 0 Å². The van der Waals surface area contributed by atoms with Crippen LogP contribution in [0.2, 0.25) is 0 Å². The average molecular weight is 394 g/mol. The van der Waals surface area contributed by atoms with Crippen LogP contribution in [-0.2, 0) is 9.59 Å². The van der Waals surface area contributed by atoms with Gasteiger partial charge in [0.1, 0.15) is 0 Å². The van der Waals surface area contributed by atoms with Crippen LogP contribution in [0.15, 0.2) is 48.5 Å². The monoisotopic (exact) mass is 393 g/mol. The summed E-state index contributed by atoms with van der Waals surface area (Å²) in [6.07, 6.45) is 2.69. The molecule has 1 aliphatic rings. The second kappa shape index (κ2) is 9.59. The summed E-state index contributed by atoms with van der Waals surface area (Å²) in [4.78, 5) is 28.5. The maximum Gasteiger partial charge on any atom is 0.226 e. The lowest BCUT2D eigenvalue weighted by atomic mass is 9.99. The molecule has 2 amide bonds. The molecule has 3 rings (SSSR count). The zero-order valence-electron chi connectivity index (χ0n) is 17.6. The molecule has 1 heterocycles. The molecule has 2 aromatic carbocycles. The van der Waals surface area contributed by atoms with Crippen molar-refractivity contribution in [1.29, 1.82) is 0 Å². The Bertz CT molecular complexity index is 822. The summed E-state index contributed by atoms with van der Waals surface area (Å²) in [6, 6.07) is 15.8. The minimum absolute atomic E-state index is 0.0623. The second-order valence-electron chi connectivity index (χ2n) is 8.02. The molecular formula is C24H31N3O2. The van der Waals surface area contributed by atoms with Crippen molar-refractivity contribution < 1.29 is 9.59 Å². The highest BCUT2D eigenvalue weighted by molar-refractivity contribution is 5.94. The largest absolute Gasteiger partial charge is 0.372 e. The van der Waals surface area contributed by atoms with Crippen LogP contribution < -0.4 is 15.1 Å². The lowest BCUT2D eigenvalue weighted by Crippen LogP contribution is -2.33. The van der Waals surface area contributed by atoms with Crippen molar-refractivity contribution in [2.45, 2.75) is 40.0 Å². The Hall–Kier alpha value is -2.82. The highest BCUT2D eigenvalue weighted by Crippen LogP contribution is 2.25. The van der Waals surface area contributed by atoms with Crippen LogP contribution in [-0.4, -0.2) is 31.4 Å². The Labute approximate surface area is 173 Å². The second-order valence-corrected chi connectivity index (χ2v) is 8.02. The van der Waals surface area contributed by atoms with Gasteiger partial charge in [0.2, 0.25) is 11.8 Å². The number of hydrogen-bond acceptors (Lipinski definition) is 3. The van der Waals surface area contributed by atoms with Crippen LogP contribution >= 0.6 is 0 Å². The Morgan fingerprint density at radius 2 is 1.66 bits per heavy atom. The van der Waals surface area contributed by atoms with E-state index in [2.05, 4.69) is 29.3 Å². The zero-order chi connectivity index (χ0) is 20.8. The lowest BCUT2D eigenvalue weighted by Gasteiger charge is -2.32. The van der Waals surface area contributed by atoms with E-state index in [1.54, 1.807) is 4.90 Å². The van der Waals surface area contributed by atoms with E-state index < -0.39 is 0 Å². The Morgan fingerprint density at radius 3 is 2.24 bits per heavy atom. The summed E-state index contributed by atoms with van der Waals surface area (Å²) in [7, 11) is 0. The number of carbonyl (C=O) groups is 2. The van der Waals surface area contributed by atoms with E-state index in [-0.39, 0.29) is 18.2 Å². The van der Waals surface area contributed by atoms with Crippen molar-refractivity contribution in [3.05, 3.63) is 54.1 Å². The number of aryl methyl sites for hydroxylation is 1. The number of amides is 2. The summed E-state index contributed by atoms with van der Waals surface area (Å²) in [5.41, 5.74) is 3.94. The van der Waals surface area contributed by atoms with Crippen LogP contribution in [0.25, 0.3) is 0 Å². The number of hydrogen-bond donors (Lipinski definition) is 1. The SMILES string of the molecule is CC(=O)N(CCC(=O)Nc1ccc(C)cc1)c1ccc(N2CCC(C)CC2)cc1. The van der Waals surface area contributed by atoms with Gasteiger partial charge < -0.3 is 15.1 Å². The Morgan fingerprint density at radius 1 is 1.03 bits per heavy atom. The molecule has 1 N–H and O–H groups in total. The minimum atomic E-state index is -0.0980. The molecule has 0 radical (unpaired) electrons. The fraction of sp³-hybridized carbons (Fsp3) is 0.417. The van der Waals surface area contributed by atoms with Gasteiger partial charge in [-0.15, -0.1) is 0 Å². The molecule has 2 aromatic rings. The molecule has 1 saturated heterocycles.